The van der Waals surface area contributed by atoms with Crippen LogP contribution in [0.4, 0.5) is 0 Å². The number of furan rings is 1. The smallest absolute Gasteiger partial charge is 0.145 e. The summed E-state index contributed by atoms with van der Waals surface area (Å²) in [7, 11) is 0. The Hall–Kier alpha value is -4.12. The molecule has 1 N–H and O–H groups in total. The van der Waals surface area contributed by atoms with Crippen LogP contribution < -0.4 is 0 Å². The zero-order chi connectivity index (χ0) is 35.0. The Morgan fingerprint density at radius 3 is 1.90 bits per heavy atom. The molecule has 7 nitrogen and oxygen atoms in total. The van der Waals surface area contributed by atoms with Crippen LogP contribution in [0.15, 0.2) is 138 Å². The van der Waals surface area contributed by atoms with Crippen molar-refractivity contribution in [2.45, 2.75) is 69.8 Å². The third-order valence-electron chi connectivity index (χ3n) is 8.96. The first-order valence-electron chi connectivity index (χ1n) is 17.1. The standard InChI is InChI=1S/C42H40ClNO6S/c1-28(45)38-40(47-25-29-12-5-2-6-13-29)42(49-27-31-16-9-4-10-17-31)41(48-26-30-14-7-3-8-15-30)39(50-38)32-19-20-34(43)33(22-32)23-37-44-24-36(51-37)35-18-11-21-46-35/h2-22,24,28,38-42,45H,23,25-27H2,1H3/t28?,38-,39+,40-,41+,42+/m1/s1. The van der Waals surface area contributed by atoms with Gasteiger partial charge in [-0.1, -0.05) is 115 Å². The summed E-state index contributed by atoms with van der Waals surface area (Å²) in [5, 5.41) is 12.8. The van der Waals surface area contributed by atoms with Crippen LogP contribution in [0.5, 0.6) is 0 Å². The van der Waals surface area contributed by atoms with E-state index in [0.29, 0.717) is 31.3 Å². The Morgan fingerprint density at radius 2 is 1.33 bits per heavy atom. The van der Waals surface area contributed by atoms with Crippen LogP contribution in [-0.4, -0.2) is 40.6 Å². The number of aliphatic hydroxyl groups is 1. The van der Waals surface area contributed by atoms with Gasteiger partial charge in [0.2, 0.25) is 0 Å². The zero-order valence-electron chi connectivity index (χ0n) is 28.2. The molecule has 0 bridgehead atoms. The van der Waals surface area contributed by atoms with Gasteiger partial charge >= 0.3 is 0 Å². The van der Waals surface area contributed by atoms with Crippen LogP contribution in [0.2, 0.25) is 5.02 Å². The molecular formula is C42H40ClNO6S. The molecule has 0 amide bonds. The van der Waals surface area contributed by atoms with Gasteiger partial charge in [0, 0.05) is 17.6 Å². The minimum atomic E-state index is -0.867. The molecule has 0 spiro atoms. The van der Waals surface area contributed by atoms with E-state index in [0.717, 1.165) is 43.5 Å². The molecule has 0 radical (unpaired) electrons. The molecule has 51 heavy (non-hydrogen) atoms. The maximum atomic E-state index is 11.2. The minimum Gasteiger partial charge on any atom is -0.463 e. The number of ether oxygens (including phenoxy) is 4. The molecule has 1 saturated heterocycles. The molecule has 3 heterocycles. The maximum Gasteiger partial charge on any atom is 0.145 e. The lowest BCUT2D eigenvalue weighted by Gasteiger charge is -2.47. The third-order valence-corrected chi connectivity index (χ3v) is 10.3. The van der Waals surface area contributed by atoms with E-state index in [1.54, 1.807) is 24.5 Å². The van der Waals surface area contributed by atoms with E-state index in [-0.39, 0.29) is 0 Å². The maximum absolute atomic E-state index is 11.2. The number of aliphatic hydroxyl groups excluding tert-OH is 1. The fraction of sp³-hybridized carbons (Fsp3) is 0.262. The highest BCUT2D eigenvalue weighted by molar-refractivity contribution is 7.15. The van der Waals surface area contributed by atoms with Gasteiger partial charge in [0.05, 0.1) is 42.1 Å². The van der Waals surface area contributed by atoms with Crippen molar-refractivity contribution in [3.05, 3.63) is 172 Å². The van der Waals surface area contributed by atoms with Crippen molar-refractivity contribution in [2.24, 2.45) is 0 Å². The number of halogens is 1. The highest BCUT2D eigenvalue weighted by atomic mass is 35.5. The first kappa shape index (κ1) is 35.3. The molecule has 4 aromatic carbocycles. The lowest BCUT2D eigenvalue weighted by molar-refractivity contribution is -0.281. The highest BCUT2D eigenvalue weighted by Gasteiger charge is 2.50. The minimum absolute atomic E-state index is 0.318. The molecular weight excluding hydrogens is 682 g/mol. The molecule has 1 fully saturated rings. The molecule has 6 atom stereocenters. The molecule has 1 aliphatic heterocycles. The number of aromatic nitrogens is 1. The van der Waals surface area contributed by atoms with Crippen molar-refractivity contribution >= 4 is 22.9 Å². The Balaban J connectivity index is 1.24. The van der Waals surface area contributed by atoms with Crippen molar-refractivity contribution in [2.75, 3.05) is 0 Å². The number of nitrogens with zero attached hydrogens (tertiary/aromatic N) is 1. The van der Waals surface area contributed by atoms with Gasteiger partial charge in [0.15, 0.2) is 0 Å². The van der Waals surface area contributed by atoms with E-state index >= 15 is 0 Å². The molecule has 262 valence electrons. The van der Waals surface area contributed by atoms with E-state index in [2.05, 4.69) is 11.1 Å². The first-order valence-corrected chi connectivity index (χ1v) is 18.3. The molecule has 7 rings (SSSR count). The molecule has 9 heteroatoms. The van der Waals surface area contributed by atoms with E-state index in [9.17, 15) is 5.11 Å². The van der Waals surface area contributed by atoms with Gasteiger partial charge in [-0.25, -0.2) is 4.98 Å². The predicted octanol–water partition coefficient (Wildman–Crippen LogP) is 9.22. The summed E-state index contributed by atoms with van der Waals surface area (Å²) in [6.45, 7) is 2.70. The van der Waals surface area contributed by atoms with Crippen LogP contribution in [0.1, 0.15) is 45.9 Å². The van der Waals surface area contributed by atoms with Crippen LogP contribution >= 0.6 is 22.9 Å². The number of thiazole rings is 1. The Labute approximate surface area is 307 Å². The summed E-state index contributed by atoms with van der Waals surface area (Å²) in [5.74, 6) is 0.780. The van der Waals surface area contributed by atoms with Gasteiger partial charge < -0.3 is 28.5 Å². The topological polar surface area (TPSA) is 83.2 Å². The Kier molecular flexibility index (Phi) is 11.7. The molecule has 0 aliphatic carbocycles. The second kappa shape index (κ2) is 16.9. The second-order valence-electron chi connectivity index (χ2n) is 12.7. The van der Waals surface area contributed by atoms with E-state index in [1.807, 2.05) is 121 Å². The summed E-state index contributed by atoms with van der Waals surface area (Å²) in [6.07, 6.45) is -0.0515. The van der Waals surface area contributed by atoms with Gasteiger partial charge in [-0.05, 0) is 52.9 Å². The Morgan fingerprint density at radius 1 is 0.745 bits per heavy atom. The average molecular weight is 722 g/mol. The normalized spacial score (nSPS) is 21.0. The summed E-state index contributed by atoms with van der Waals surface area (Å²) in [4.78, 5) is 5.61. The average Bonchev–Trinajstić information content (AvgIpc) is 3.87. The van der Waals surface area contributed by atoms with Crippen molar-refractivity contribution in [1.82, 2.24) is 4.98 Å². The van der Waals surface area contributed by atoms with Gasteiger partial charge in [-0.3, -0.25) is 0 Å². The fourth-order valence-corrected chi connectivity index (χ4v) is 7.48. The van der Waals surface area contributed by atoms with Gasteiger partial charge in [-0.15, -0.1) is 11.3 Å². The molecule has 1 aliphatic rings. The van der Waals surface area contributed by atoms with Crippen LogP contribution in [0.25, 0.3) is 10.6 Å². The zero-order valence-corrected chi connectivity index (χ0v) is 29.8. The molecule has 0 saturated carbocycles. The van der Waals surface area contributed by atoms with Gasteiger partial charge in [0.1, 0.15) is 36.3 Å². The molecule has 2 aromatic heterocycles. The summed E-state index contributed by atoms with van der Waals surface area (Å²) >= 11 is 8.38. The van der Waals surface area contributed by atoms with Crippen molar-refractivity contribution in [1.29, 1.82) is 0 Å². The number of hydrogen-bond donors (Lipinski definition) is 1. The van der Waals surface area contributed by atoms with E-state index in [1.165, 1.54) is 0 Å². The van der Waals surface area contributed by atoms with Gasteiger partial charge in [0.25, 0.3) is 0 Å². The largest absolute Gasteiger partial charge is 0.463 e. The number of hydrogen-bond acceptors (Lipinski definition) is 8. The lowest BCUT2D eigenvalue weighted by Crippen LogP contribution is -2.59. The SMILES string of the molecule is CC(O)[C@H]1O[C@@H](c2ccc(Cl)c(Cc3ncc(-c4ccco4)s3)c2)[C@H](OCc2ccccc2)[C@@H](OCc2ccccc2)[C@@H]1OCc1ccccc1. The third kappa shape index (κ3) is 8.86. The molecule has 1 unspecified atom stereocenters. The fourth-order valence-electron chi connectivity index (χ4n) is 6.38. The van der Waals surface area contributed by atoms with Crippen LogP contribution in [-0.2, 0) is 45.2 Å². The summed E-state index contributed by atoms with van der Waals surface area (Å²) < 4.78 is 32.7. The van der Waals surface area contributed by atoms with Crippen molar-refractivity contribution in [3.63, 3.8) is 0 Å². The highest BCUT2D eigenvalue weighted by Crippen LogP contribution is 2.40. The van der Waals surface area contributed by atoms with Crippen molar-refractivity contribution in [3.8, 4) is 10.6 Å². The Bertz CT molecular complexity index is 1940. The van der Waals surface area contributed by atoms with Crippen LogP contribution in [0, 0.1) is 0 Å². The van der Waals surface area contributed by atoms with Crippen molar-refractivity contribution < 1.29 is 28.5 Å². The molecule has 6 aromatic rings. The quantitative estimate of drug-likeness (QED) is 0.120. The lowest BCUT2D eigenvalue weighted by atomic mass is 9.88. The summed E-state index contributed by atoms with van der Waals surface area (Å²) in [6, 6.07) is 39.7. The summed E-state index contributed by atoms with van der Waals surface area (Å²) in [5.41, 5.74) is 4.80. The van der Waals surface area contributed by atoms with Gasteiger partial charge in [-0.2, -0.15) is 0 Å². The van der Waals surface area contributed by atoms with Crippen LogP contribution in [0.3, 0.4) is 0 Å². The van der Waals surface area contributed by atoms with E-state index in [4.69, 9.17) is 35.0 Å². The monoisotopic (exact) mass is 721 g/mol. The first-order chi connectivity index (χ1) is 25.0. The predicted molar refractivity (Wildman–Crippen MR) is 198 cm³/mol. The second-order valence-corrected chi connectivity index (χ2v) is 14.2. The number of benzene rings is 4. The van der Waals surface area contributed by atoms with E-state index < -0.39 is 36.6 Å². The number of rotatable bonds is 14.